The molecule has 0 saturated carbocycles. The van der Waals surface area contributed by atoms with E-state index in [-0.39, 0.29) is 5.41 Å². The maximum absolute atomic E-state index is 11.0. The maximum atomic E-state index is 11.0. The molecule has 0 aliphatic heterocycles. The second-order valence-corrected chi connectivity index (χ2v) is 6.46. The Kier molecular flexibility index (Phi) is 6.09. The molecule has 3 nitrogen and oxygen atoms in total. The van der Waals surface area contributed by atoms with Gasteiger partial charge in [0, 0.05) is 11.5 Å². The Balaban J connectivity index is 3.10. The summed E-state index contributed by atoms with van der Waals surface area (Å²) in [5.41, 5.74) is -0.137. The largest absolute Gasteiger partial charge is 0.497 e. The molecule has 0 heterocycles. The Morgan fingerprint density at radius 2 is 1.48 bits per heavy atom. The molecule has 0 amide bonds. The molecule has 0 bridgehead atoms. The van der Waals surface area contributed by atoms with Gasteiger partial charge in [-0.3, -0.25) is 0 Å². The smallest absolute Gasteiger partial charge is 0.122 e. The first-order valence-electron chi connectivity index (χ1n) is 7.74. The van der Waals surface area contributed by atoms with Crippen molar-refractivity contribution in [2.45, 2.75) is 64.4 Å². The summed E-state index contributed by atoms with van der Waals surface area (Å²) < 4.78 is 10.7. The highest BCUT2D eigenvalue weighted by Crippen LogP contribution is 2.40. The number of hydrogen-bond donors (Lipinski definition) is 1. The van der Waals surface area contributed by atoms with Gasteiger partial charge in [0.25, 0.3) is 0 Å². The van der Waals surface area contributed by atoms with Gasteiger partial charge in [-0.2, -0.15) is 0 Å². The standard InChI is InChI=1S/C18H30O3/c1-7-8-9-10-18(4,19)17(2,3)14-11-15(20-5)13-16(12-14)21-6/h11-13,19H,7-10H2,1-6H3. The van der Waals surface area contributed by atoms with Crippen molar-refractivity contribution >= 4 is 0 Å². The monoisotopic (exact) mass is 294 g/mol. The Morgan fingerprint density at radius 1 is 0.952 bits per heavy atom. The molecule has 1 aromatic rings. The Bertz CT molecular complexity index is 428. The molecule has 0 aliphatic carbocycles. The van der Waals surface area contributed by atoms with Gasteiger partial charge in [0.15, 0.2) is 0 Å². The van der Waals surface area contributed by atoms with Crippen molar-refractivity contribution < 1.29 is 14.6 Å². The molecular formula is C18H30O3. The number of ether oxygens (including phenoxy) is 2. The van der Waals surface area contributed by atoms with Crippen LogP contribution in [0.5, 0.6) is 11.5 Å². The van der Waals surface area contributed by atoms with Gasteiger partial charge in [-0.1, -0.05) is 40.0 Å². The van der Waals surface area contributed by atoms with Crippen molar-refractivity contribution in [3.05, 3.63) is 23.8 Å². The number of unbranched alkanes of at least 4 members (excludes halogenated alkanes) is 2. The minimum atomic E-state index is -0.778. The van der Waals surface area contributed by atoms with E-state index in [1.54, 1.807) is 14.2 Å². The second kappa shape index (κ2) is 7.17. The van der Waals surface area contributed by atoms with Crippen molar-refractivity contribution in [1.82, 2.24) is 0 Å². The molecule has 0 aromatic heterocycles. The van der Waals surface area contributed by atoms with Gasteiger partial charge in [-0.15, -0.1) is 0 Å². The highest BCUT2D eigenvalue weighted by Gasteiger charge is 2.40. The Morgan fingerprint density at radius 3 is 1.90 bits per heavy atom. The van der Waals surface area contributed by atoms with Crippen LogP contribution in [0.25, 0.3) is 0 Å². The fraction of sp³-hybridized carbons (Fsp3) is 0.667. The molecule has 1 atom stereocenters. The predicted molar refractivity (Wildman–Crippen MR) is 87.3 cm³/mol. The third-order valence-electron chi connectivity index (χ3n) is 4.69. The molecule has 0 aliphatic rings. The zero-order valence-electron chi connectivity index (χ0n) is 14.3. The summed E-state index contributed by atoms with van der Waals surface area (Å²) in [7, 11) is 3.29. The van der Waals surface area contributed by atoms with Crippen molar-refractivity contribution in [2.75, 3.05) is 14.2 Å². The Labute approximate surface area is 129 Å². The van der Waals surface area contributed by atoms with E-state index in [1.807, 2.05) is 25.1 Å². The predicted octanol–water partition coefficient (Wildman–Crippen LogP) is 4.31. The number of methoxy groups -OCH3 is 2. The molecule has 21 heavy (non-hydrogen) atoms. The first-order chi connectivity index (χ1) is 9.78. The normalized spacial score (nSPS) is 14.6. The summed E-state index contributed by atoms with van der Waals surface area (Å²) >= 11 is 0. The van der Waals surface area contributed by atoms with Crippen LogP contribution in [-0.4, -0.2) is 24.9 Å². The molecule has 0 spiro atoms. The number of aliphatic hydroxyl groups is 1. The van der Waals surface area contributed by atoms with Crippen molar-refractivity contribution in [3.8, 4) is 11.5 Å². The van der Waals surface area contributed by atoms with E-state index >= 15 is 0 Å². The molecule has 1 aromatic carbocycles. The SMILES string of the molecule is CCCCCC(C)(O)C(C)(C)c1cc(OC)cc(OC)c1. The number of rotatable bonds is 8. The molecule has 1 rings (SSSR count). The van der Waals surface area contributed by atoms with Gasteiger partial charge in [0.2, 0.25) is 0 Å². The quantitative estimate of drug-likeness (QED) is 0.726. The number of hydrogen-bond acceptors (Lipinski definition) is 3. The van der Waals surface area contributed by atoms with Crippen LogP contribution in [-0.2, 0) is 5.41 Å². The fourth-order valence-corrected chi connectivity index (χ4v) is 2.51. The number of benzene rings is 1. The van der Waals surface area contributed by atoms with E-state index < -0.39 is 5.60 Å². The molecule has 1 N–H and O–H groups in total. The Hall–Kier alpha value is -1.22. The van der Waals surface area contributed by atoms with Crippen LogP contribution in [0.2, 0.25) is 0 Å². The van der Waals surface area contributed by atoms with Crippen LogP contribution in [0.1, 0.15) is 58.9 Å². The van der Waals surface area contributed by atoms with Gasteiger partial charge < -0.3 is 14.6 Å². The minimum Gasteiger partial charge on any atom is -0.497 e. The molecule has 3 heteroatoms. The second-order valence-electron chi connectivity index (χ2n) is 6.46. The summed E-state index contributed by atoms with van der Waals surface area (Å²) in [4.78, 5) is 0. The molecule has 0 radical (unpaired) electrons. The lowest BCUT2D eigenvalue weighted by atomic mass is 9.69. The topological polar surface area (TPSA) is 38.7 Å². The zero-order valence-corrected chi connectivity index (χ0v) is 14.3. The summed E-state index contributed by atoms with van der Waals surface area (Å²) in [6.07, 6.45) is 4.12. The average molecular weight is 294 g/mol. The molecular weight excluding hydrogens is 264 g/mol. The summed E-state index contributed by atoms with van der Waals surface area (Å²) in [6, 6.07) is 5.82. The van der Waals surface area contributed by atoms with Gasteiger partial charge in [-0.25, -0.2) is 0 Å². The van der Waals surface area contributed by atoms with Crippen LogP contribution in [0.15, 0.2) is 18.2 Å². The van der Waals surface area contributed by atoms with Crippen molar-refractivity contribution in [3.63, 3.8) is 0 Å². The van der Waals surface area contributed by atoms with E-state index in [2.05, 4.69) is 20.8 Å². The van der Waals surface area contributed by atoms with E-state index in [9.17, 15) is 5.11 Å². The van der Waals surface area contributed by atoms with E-state index in [0.717, 1.165) is 42.7 Å². The zero-order chi connectivity index (χ0) is 16.1. The van der Waals surface area contributed by atoms with Gasteiger partial charge >= 0.3 is 0 Å². The average Bonchev–Trinajstić information content (AvgIpc) is 2.46. The highest BCUT2D eigenvalue weighted by molar-refractivity contribution is 5.42. The van der Waals surface area contributed by atoms with Gasteiger partial charge in [-0.05, 0) is 31.0 Å². The van der Waals surface area contributed by atoms with Crippen molar-refractivity contribution in [1.29, 1.82) is 0 Å². The lowest BCUT2D eigenvalue weighted by Gasteiger charge is -2.41. The summed E-state index contributed by atoms with van der Waals surface area (Å²) in [5, 5.41) is 11.0. The van der Waals surface area contributed by atoms with Crippen LogP contribution in [0, 0.1) is 0 Å². The van der Waals surface area contributed by atoms with Crippen LogP contribution < -0.4 is 9.47 Å². The van der Waals surface area contributed by atoms with Crippen LogP contribution in [0.4, 0.5) is 0 Å². The lowest BCUT2D eigenvalue weighted by Crippen LogP contribution is -2.45. The lowest BCUT2D eigenvalue weighted by molar-refractivity contribution is -0.0183. The summed E-state index contributed by atoms with van der Waals surface area (Å²) in [6.45, 7) is 8.25. The minimum absolute atomic E-state index is 0.386. The first-order valence-corrected chi connectivity index (χ1v) is 7.74. The van der Waals surface area contributed by atoms with Crippen LogP contribution in [0.3, 0.4) is 0 Å². The summed E-state index contributed by atoms with van der Waals surface area (Å²) in [5.74, 6) is 1.50. The third-order valence-corrected chi connectivity index (χ3v) is 4.69. The third kappa shape index (κ3) is 4.13. The molecule has 0 fully saturated rings. The van der Waals surface area contributed by atoms with Gasteiger partial charge in [0.1, 0.15) is 11.5 Å². The fourth-order valence-electron chi connectivity index (χ4n) is 2.51. The van der Waals surface area contributed by atoms with Gasteiger partial charge in [0.05, 0.1) is 19.8 Å². The van der Waals surface area contributed by atoms with Crippen molar-refractivity contribution in [2.24, 2.45) is 0 Å². The molecule has 120 valence electrons. The highest BCUT2D eigenvalue weighted by atomic mass is 16.5. The van der Waals surface area contributed by atoms with Crippen LogP contribution >= 0.6 is 0 Å². The first kappa shape index (κ1) is 17.8. The molecule has 0 saturated heterocycles. The van der Waals surface area contributed by atoms with E-state index in [4.69, 9.17) is 9.47 Å². The molecule has 1 unspecified atom stereocenters. The maximum Gasteiger partial charge on any atom is 0.122 e. The van der Waals surface area contributed by atoms with E-state index in [1.165, 1.54) is 0 Å². The van der Waals surface area contributed by atoms with E-state index in [0.29, 0.717) is 0 Å².